The van der Waals surface area contributed by atoms with E-state index in [0.717, 1.165) is 6.54 Å². The van der Waals surface area contributed by atoms with Crippen LogP contribution in [0.15, 0.2) is 48.5 Å². The number of rotatable bonds is 5. The van der Waals surface area contributed by atoms with Crippen molar-refractivity contribution in [2.24, 2.45) is 5.92 Å². The first kappa shape index (κ1) is 18.1. The second-order valence-corrected chi connectivity index (χ2v) is 7.35. The van der Waals surface area contributed by atoms with Crippen LogP contribution in [0.5, 0.6) is 5.75 Å². The Labute approximate surface area is 158 Å². The van der Waals surface area contributed by atoms with Crippen LogP contribution in [0, 0.1) is 11.7 Å². The van der Waals surface area contributed by atoms with Crippen molar-refractivity contribution in [2.75, 3.05) is 20.3 Å². The van der Waals surface area contributed by atoms with Gasteiger partial charge in [-0.25, -0.2) is 4.39 Å². The quantitative estimate of drug-likeness (QED) is 0.754. The predicted molar refractivity (Wildman–Crippen MR) is 100 cm³/mol. The van der Waals surface area contributed by atoms with Gasteiger partial charge in [0.15, 0.2) is 5.78 Å². The van der Waals surface area contributed by atoms with Crippen LogP contribution >= 0.6 is 0 Å². The Bertz CT molecular complexity index is 796. The number of ketones is 1. The second kappa shape index (κ2) is 7.79. The first-order chi connectivity index (χ1) is 13.2. The van der Waals surface area contributed by atoms with E-state index in [1.54, 1.807) is 12.1 Å². The van der Waals surface area contributed by atoms with E-state index in [-0.39, 0.29) is 29.3 Å². The number of fused-ring (bicyclic) bond motifs is 2. The fourth-order valence-corrected chi connectivity index (χ4v) is 4.37. The van der Waals surface area contributed by atoms with Crippen molar-refractivity contribution < 1.29 is 18.7 Å². The Hall–Kier alpha value is -2.24. The molecule has 0 saturated carbocycles. The SMILES string of the molecule is COc1cccc(F)c1C(=O)C1CC2COCC(C1)N2Cc1ccccc1. The minimum atomic E-state index is -0.507. The highest BCUT2D eigenvalue weighted by atomic mass is 19.1. The zero-order valence-corrected chi connectivity index (χ0v) is 15.4. The van der Waals surface area contributed by atoms with Crippen molar-refractivity contribution in [1.82, 2.24) is 4.90 Å². The van der Waals surface area contributed by atoms with Crippen LogP contribution in [-0.4, -0.2) is 43.1 Å². The predicted octanol–water partition coefficient (Wildman–Crippen LogP) is 3.70. The molecule has 2 aromatic carbocycles. The number of hydrogen-bond acceptors (Lipinski definition) is 4. The number of ether oxygens (including phenoxy) is 2. The molecule has 2 unspecified atom stereocenters. The number of Topliss-reactive ketones (excluding diaryl/α,β-unsaturated/α-hetero) is 1. The summed E-state index contributed by atoms with van der Waals surface area (Å²) in [6.45, 7) is 2.08. The highest BCUT2D eigenvalue weighted by Crippen LogP contribution is 2.36. The summed E-state index contributed by atoms with van der Waals surface area (Å²) in [5.74, 6) is -0.552. The van der Waals surface area contributed by atoms with Crippen molar-refractivity contribution in [2.45, 2.75) is 31.5 Å². The Balaban J connectivity index is 1.54. The second-order valence-electron chi connectivity index (χ2n) is 7.35. The lowest BCUT2D eigenvalue weighted by atomic mass is 9.80. The number of morpholine rings is 1. The number of benzene rings is 2. The molecule has 0 radical (unpaired) electrons. The van der Waals surface area contributed by atoms with Gasteiger partial charge in [-0.1, -0.05) is 36.4 Å². The summed E-state index contributed by atoms with van der Waals surface area (Å²) in [5, 5.41) is 0. The minimum absolute atomic E-state index is 0.0838. The van der Waals surface area contributed by atoms with Gasteiger partial charge in [0.2, 0.25) is 0 Å². The molecule has 4 nitrogen and oxygen atoms in total. The van der Waals surface area contributed by atoms with Crippen molar-refractivity contribution in [3.8, 4) is 5.75 Å². The molecule has 2 heterocycles. The zero-order chi connectivity index (χ0) is 18.8. The van der Waals surface area contributed by atoms with E-state index < -0.39 is 5.82 Å². The van der Waals surface area contributed by atoms with Crippen molar-refractivity contribution >= 4 is 5.78 Å². The molecule has 27 heavy (non-hydrogen) atoms. The maximum Gasteiger partial charge on any atom is 0.172 e. The standard InChI is InChI=1S/C22H24FNO3/c1-26-20-9-5-8-19(23)21(20)22(25)16-10-17-13-27-14-18(11-16)24(17)12-15-6-3-2-4-7-15/h2-9,16-18H,10-14H2,1H3. The van der Waals surface area contributed by atoms with Crippen LogP contribution < -0.4 is 4.74 Å². The Morgan fingerprint density at radius 3 is 2.48 bits per heavy atom. The summed E-state index contributed by atoms with van der Waals surface area (Å²) in [7, 11) is 1.47. The van der Waals surface area contributed by atoms with Crippen LogP contribution in [0.4, 0.5) is 4.39 Å². The molecule has 2 atom stereocenters. The van der Waals surface area contributed by atoms with Gasteiger partial charge in [-0.3, -0.25) is 9.69 Å². The van der Waals surface area contributed by atoms with Gasteiger partial charge in [-0.2, -0.15) is 0 Å². The number of piperidine rings is 1. The molecule has 2 aromatic rings. The Morgan fingerprint density at radius 2 is 1.81 bits per heavy atom. The van der Waals surface area contributed by atoms with Gasteiger partial charge < -0.3 is 9.47 Å². The van der Waals surface area contributed by atoms with Gasteiger partial charge in [0, 0.05) is 24.5 Å². The third-order valence-corrected chi connectivity index (χ3v) is 5.69. The topological polar surface area (TPSA) is 38.8 Å². The van der Waals surface area contributed by atoms with Gasteiger partial charge in [0.25, 0.3) is 0 Å². The number of hydrogen-bond donors (Lipinski definition) is 0. The lowest BCUT2D eigenvalue weighted by molar-refractivity contribution is -0.0873. The third-order valence-electron chi connectivity index (χ3n) is 5.69. The molecule has 2 bridgehead atoms. The fourth-order valence-electron chi connectivity index (χ4n) is 4.37. The van der Waals surface area contributed by atoms with Crippen molar-refractivity contribution in [3.63, 3.8) is 0 Å². The number of methoxy groups -OCH3 is 1. The highest BCUT2D eigenvalue weighted by molar-refractivity contribution is 6.00. The number of halogens is 1. The largest absolute Gasteiger partial charge is 0.496 e. The number of carbonyl (C=O) groups is 1. The lowest BCUT2D eigenvalue weighted by Gasteiger charge is -2.48. The van der Waals surface area contributed by atoms with E-state index in [4.69, 9.17) is 9.47 Å². The Kier molecular flexibility index (Phi) is 5.23. The zero-order valence-electron chi connectivity index (χ0n) is 15.4. The normalized spacial score (nSPS) is 25.2. The van der Waals surface area contributed by atoms with Gasteiger partial charge in [0.05, 0.1) is 25.9 Å². The molecule has 0 aliphatic carbocycles. The number of carbonyl (C=O) groups excluding carboxylic acids is 1. The summed E-state index contributed by atoms with van der Waals surface area (Å²) in [5.41, 5.74) is 1.34. The van der Waals surface area contributed by atoms with E-state index in [0.29, 0.717) is 31.8 Å². The summed E-state index contributed by atoms with van der Waals surface area (Å²) >= 11 is 0. The van der Waals surface area contributed by atoms with E-state index in [1.807, 2.05) is 18.2 Å². The van der Waals surface area contributed by atoms with Gasteiger partial charge in [-0.05, 0) is 30.5 Å². The average Bonchev–Trinajstić information content (AvgIpc) is 2.68. The molecule has 0 aromatic heterocycles. The van der Waals surface area contributed by atoms with E-state index in [2.05, 4.69) is 17.0 Å². The van der Waals surface area contributed by atoms with Gasteiger partial charge >= 0.3 is 0 Å². The van der Waals surface area contributed by atoms with Gasteiger partial charge in [0.1, 0.15) is 11.6 Å². The third kappa shape index (κ3) is 3.62. The molecule has 5 heteroatoms. The summed E-state index contributed by atoms with van der Waals surface area (Å²) in [4.78, 5) is 15.6. The van der Waals surface area contributed by atoms with Crippen LogP contribution in [0.1, 0.15) is 28.8 Å². The van der Waals surface area contributed by atoms with Crippen LogP contribution in [-0.2, 0) is 11.3 Å². The molecule has 0 amide bonds. The lowest BCUT2D eigenvalue weighted by Crippen LogP contribution is -2.57. The highest BCUT2D eigenvalue weighted by Gasteiger charge is 2.42. The van der Waals surface area contributed by atoms with Crippen molar-refractivity contribution in [3.05, 3.63) is 65.5 Å². The fraction of sp³-hybridized carbons (Fsp3) is 0.409. The van der Waals surface area contributed by atoms with E-state index in [1.165, 1.54) is 18.7 Å². The minimum Gasteiger partial charge on any atom is -0.496 e. The molecular weight excluding hydrogens is 345 g/mol. The molecular formula is C22H24FNO3. The van der Waals surface area contributed by atoms with Crippen LogP contribution in [0.3, 0.4) is 0 Å². The molecule has 0 N–H and O–H groups in total. The van der Waals surface area contributed by atoms with E-state index >= 15 is 0 Å². The van der Waals surface area contributed by atoms with Crippen LogP contribution in [0.2, 0.25) is 0 Å². The molecule has 142 valence electrons. The maximum atomic E-state index is 14.4. The van der Waals surface area contributed by atoms with E-state index in [9.17, 15) is 9.18 Å². The Morgan fingerprint density at radius 1 is 1.11 bits per heavy atom. The van der Waals surface area contributed by atoms with Gasteiger partial charge in [-0.15, -0.1) is 0 Å². The van der Waals surface area contributed by atoms with Crippen LogP contribution in [0.25, 0.3) is 0 Å². The molecule has 2 saturated heterocycles. The number of nitrogens with zero attached hydrogens (tertiary/aromatic N) is 1. The first-order valence-corrected chi connectivity index (χ1v) is 9.41. The molecule has 2 aliphatic rings. The average molecular weight is 369 g/mol. The monoisotopic (exact) mass is 369 g/mol. The summed E-state index contributed by atoms with van der Waals surface area (Å²) < 4.78 is 25.4. The summed E-state index contributed by atoms with van der Waals surface area (Å²) in [6.07, 6.45) is 1.36. The summed E-state index contributed by atoms with van der Waals surface area (Å²) in [6, 6.07) is 15.2. The van der Waals surface area contributed by atoms with Crippen molar-refractivity contribution in [1.29, 1.82) is 0 Å². The molecule has 0 spiro atoms. The molecule has 4 rings (SSSR count). The smallest absolute Gasteiger partial charge is 0.172 e. The molecule has 2 aliphatic heterocycles. The molecule has 2 fully saturated rings. The maximum absolute atomic E-state index is 14.4. The first-order valence-electron chi connectivity index (χ1n) is 9.41.